The van der Waals surface area contributed by atoms with Crippen molar-refractivity contribution in [2.24, 2.45) is 0 Å². The smallest absolute Gasteiger partial charge is 0.380 e. The first-order valence-electron chi connectivity index (χ1n) is 7.23. The molecule has 0 aromatic heterocycles. The van der Waals surface area contributed by atoms with Crippen molar-refractivity contribution in [2.75, 3.05) is 18.4 Å². The largest absolute Gasteiger partial charge is 0.417 e. The fraction of sp³-hybridized carbons (Fsp3) is 0.533. The first-order chi connectivity index (χ1) is 10.6. The van der Waals surface area contributed by atoms with E-state index in [1.54, 1.807) is 25.1 Å². The summed E-state index contributed by atoms with van der Waals surface area (Å²) in [6, 6.07) is 4.46. The molecule has 2 amide bonds. The number of hydrogen-bond donors (Lipinski definition) is 2. The zero-order valence-corrected chi connectivity index (χ0v) is 13.3. The van der Waals surface area contributed by atoms with Crippen LogP contribution >= 0.6 is 11.6 Å². The summed E-state index contributed by atoms with van der Waals surface area (Å²) in [6.45, 7) is 1.79. The Morgan fingerprint density at radius 3 is 2.65 bits per heavy atom. The molecule has 1 saturated heterocycles. The minimum atomic E-state index is -4.69. The van der Waals surface area contributed by atoms with E-state index >= 15 is 0 Å². The molecule has 1 aliphatic rings. The van der Waals surface area contributed by atoms with E-state index < -0.39 is 30.7 Å². The molecule has 23 heavy (non-hydrogen) atoms. The van der Waals surface area contributed by atoms with Gasteiger partial charge < -0.3 is 15.3 Å². The van der Waals surface area contributed by atoms with E-state index in [2.05, 4.69) is 5.32 Å². The fourth-order valence-corrected chi connectivity index (χ4v) is 2.65. The van der Waals surface area contributed by atoms with Gasteiger partial charge in [-0.1, -0.05) is 11.6 Å². The Bertz CT molecular complexity index is 595. The highest BCUT2D eigenvalue weighted by Gasteiger charge is 2.53. The Balaban J connectivity index is 2.02. The Morgan fingerprint density at radius 1 is 1.35 bits per heavy atom. The minimum absolute atomic E-state index is 0.0864. The van der Waals surface area contributed by atoms with Crippen LogP contribution in [0.1, 0.15) is 24.8 Å². The van der Waals surface area contributed by atoms with Gasteiger partial charge in [0.1, 0.15) is 0 Å². The van der Waals surface area contributed by atoms with Crippen molar-refractivity contribution >= 4 is 23.3 Å². The second kappa shape index (κ2) is 6.57. The molecule has 1 fully saturated rings. The van der Waals surface area contributed by atoms with E-state index in [-0.39, 0.29) is 19.5 Å². The molecule has 8 heteroatoms. The number of nitrogens with one attached hydrogen (secondary N) is 1. The molecule has 1 aromatic carbocycles. The van der Waals surface area contributed by atoms with Crippen LogP contribution in [-0.2, 0) is 0 Å². The first kappa shape index (κ1) is 17.9. The molecule has 0 spiro atoms. The molecule has 0 bridgehead atoms. The summed E-state index contributed by atoms with van der Waals surface area (Å²) in [5, 5.41) is 12.9. The van der Waals surface area contributed by atoms with Gasteiger partial charge in [0.2, 0.25) is 0 Å². The van der Waals surface area contributed by atoms with Crippen molar-refractivity contribution in [3.63, 3.8) is 0 Å². The molecule has 4 nitrogen and oxygen atoms in total. The van der Waals surface area contributed by atoms with E-state index in [1.165, 1.54) is 4.90 Å². The molecule has 0 saturated carbocycles. The summed E-state index contributed by atoms with van der Waals surface area (Å²) < 4.78 is 38.6. The third kappa shape index (κ3) is 4.09. The summed E-state index contributed by atoms with van der Waals surface area (Å²) >= 11 is 5.90. The Morgan fingerprint density at radius 2 is 2.04 bits per heavy atom. The number of benzene rings is 1. The third-order valence-electron chi connectivity index (χ3n) is 4.04. The lowest BCUT2D eigenvalue weighted by Gasteiger charge is -2.29. The van der Waals surface area contributed by atoms with Crippen LogP contribution in [0.2, 0.25) is 5.02 Å². The van der Waals surface area contributed by atoms with E-state index in [1.807, 2.05) is 0 Å². The second-order valence-electron chi connectivity index (χ2n) is 5.76. The van der Waals surface area contributed by atoms with Gasteiger partial charge in [0.05, 0.1) is 0 Å². The van der Waals surface area contributed by atoms with Crippen LogP contribution in [0.3, 0.4) is 0 Å². The number of carbonyl (C=O) groups excluding carboxylic acids is 1. The third-order valence-corrected chi connectivity index (χ3v) is 4.46. The Labute approximate surface area is 137 Å². The number of rotatable bonds is 1. The quantitative estimate of drug-likeness (QED) is 0.805. The van der Waals surface area contributed by atoms with Gasteiger partial charge in [0.25, 0.3) is 0 Å². The SMILES string of the molecule is Cc1cc(NC(=O)N2CCCC(O)(C(F)(F)F)CC2)ccc1Cl. The van der Waals surface area contributed by atoms with Crippen molar-refractivity contribution in [3.05, 3.63) is 28.8 Å². The zero-order chi connectivity index (χ0) is 17.3. The van der Waals surface area contributed by atoms with E-state index in [0.717, 1.165) is 5.56 Å². The maximum atomic E-state index is 12.9. The topological polar surface area (TPSA) is 52.6 Å². The highest BCUT2D eigenvalue weighted by Crippen LogP contribution is 2.38. The maximum absolute atomic E-state index is 12.9. The number of aliphatic hydroxyl groups is 1. The molecule has 1 atom stereocenters. The van der Waals surface area contributed by atoms with Gasteiger partial charge in [0, 0.05) is 30.2 Å². The normalized spacial score (nSPS) is 22.6. The van der Waals surface area contributed by atoms with Crippen molar-refractivity contribution < 1.29 is 23.1 Å². The summed E-state index contributed by atoms with van der Waals surface area (Å²) in [5.74, 6) is 0. The van der Waals surface area contributed by atoms with Crippen LogP contribution in [0.25, 0.3) is 0 Å². The molecule has 1 unspecified atom stereocenters. The number of amides is 2. The molecule has 2 rings (SSSR count). The number of halogens is 4. The lowest BCUT2D eigenvalue weighted by molar-refractivity contribution is -0.263. The van der Waals surface area contributed by atoms with E-state index in [9.17, 15) is 23.1 Å². The van der Waals surface area contributed by atoms with Gasteiger partial charge in [-0.25, -0.2) is 4.79 Å². The van der Waals surface area contributed by atoms with Gasteiger partial charge in [-0.15, -0.1) is 0 Å². The Hall–Kier alpha value is -1.47. The van der Waals surface area contributed by atoms with E-state index in [0.29, 0.717) is 10.7 Å². The summed E-state index contributed by atoms with van der Waals surface area (Å²) in [4.78, 5) is 13.5. The number of nitrogens with zero attached hydrogens (tertiary/aromatic N) is 1. The molecular formula is C15H18ClF3N2O2. The minimum Gasteiger partial charge on any atom is -0.380 e. The van der Waals surface area contributed by atoms with Crippen LogP contribution in [0.4, 0.5) is 23.7 Å². The van der Waals surface area contributed by atoms with Gasteiger partial charge in [-0.3, -0.25) is 0 Å². The van der Waals surface area contributed by atoms with Crippen LogP contribution in [0, 0.1) is 6.92 Å². The van der Waals surface area contributed by atoms with E-state index in [4.69, 9.17) is 11.6 Å². The maximum Gasteiger partial charge on any atom is 0.417 e. The second-order valence-corrected chi connectivity index (χ2v) is 6.17. The summed E-state index contributed by atoms with van der Waals surface area (Å²) in [7, 11) is 0. The lowest BCUT2D eigenvalue weighted by Crippen LogP contribution is -2.46. The fourth-order valence-electron chi connectivity index (χ4n) is 2.53. The molecule has 2 N–H and O–H groups in total. The molecule has 1 aliphatic heterocycles. The van der Waals surface area contributed by atoms with Gasteiger partial charge in [-0.05, 0) is 43.5 Å². The number of likely N-dealkylation sites (tertiary alicyclic amines) is 1. The number of carbonyl (C=O) groups is 1. The average Bonchev–Trinajstić information content (AvgIpc) is 2.65. The number of urea groups is 1. The molecule has 128 valence electrons. The van der Waals surface area contributed by atoms with Crippen LogP contribution in [0.15, 0.2) is 18.2 Å². The van der Waals surface area contributed by atoms with Gasteiger partial charge >= 0.3 is 12.2 Å². The van der Waals surface area contributed by atoms with Crippen LogP contribution in [0.5, 0.6) is 0 Å². The van der Waals surface area contributed by atoms with Crippen LogP contribution < -0.4 is 5.32 Å². The predicted octanol–water partition coefficient (Wildman–Crippen LogP) is 3.96. The number of alkyl halides is 3. The standard InChI is InChI=1S/C15H18ClF3N2O2/c1-10-9-11(3-4-12(10)16)20-13(22)21-7-2-5-14(23,6-8-21)15(17,18)19/h3-4,9,23H,2,5-8H2,1H3,(H,20,22). The predicted molar refractivity (Wildman–Crippen MR) is 81.6 cm³/mol. The number of aryl methyl sites for hydroxylation is 1. The zero-order valence-electron chi connectivity index (χ0n) is 12.6. The molecule has 0 aliphatic carbocycles. The van der Waals surface area contributed by atoms with Crippen molar-refractivity contribution in [3.8, 4) is 0 Å². The number of anilines is 1. The number of hydrogen-bond acceptors (Lipinski definition) is 2. The molecule has 1 heterocycles. The molecule has 1 aromatic rings. The van der Waals surface area contributed by atoms with Crippen molar-refractivity contribution in [2.45, 2.75) is 38.0 Å². The summed E-state index contributed by atoms with van der Waals surface area (Å²) in [6.07, 6.45) is -5.53. The van der Waals surface area contributed by atoms with Crippen molar-refractivity contribution in [1.82, 2.24) is 4.90 Å². The van der Waals surface area contributed by atoms with Gasteiger partial charge in [0.15, 0.2) is 5.60 Å². The molecule has 0 radical (unpaired) electrons. The molecular weight excluding hydrogens is 333 g/mol. The highest BCUT2D eigenvalue weighted by atomic mass is 35.5. The van der Waals surface area contributed by atoms with Crippen LogP contribution in [-0.4, -0.2) is 40.9 Å². The highest BCUT2D eigenvalue weighted by molar-refractivity contribution is 6.31. The first-order valence-corrected chi connectivity index (χ1v) is 7.61. The average molecular weight is 351 g/mol. The van der Waals surface area contributed by atoms with Gasteiger partial charge in [-0.2, -0.15) is 13.2 Å². The Kier molecular flexibility index (Phi) is 5.10. The lowest BCUT2D eigenvalue weighted by atomic mass is 9.94. The monoisotopic (exact) mass is 350 g/mol. The summed E-state index contributed by atoms with van der Waals surface area (Å²) in [5.41, 5.74) is -1.42. The van der Waals surface area contributed by atoms with Crippen molar-refractivity contribution in [1.29, 1.82) is 0 Å².